The Kier molecular flexibility index (Phi) is 3.23. The number of benzene rings is 1. The van der Waals surface area contributed by atoms with Gasteiger partial charge in [0, 0.05) is 17.2 Å². The molecule has 0 aliphatic carbocycles. The Labute approximate surface area is 116 Å². The van der Waals surface area contributed by atoms with Gasteiger partial charge in [-0.3, -0.25) is 10.1 Å². The fourth-order valence-electron chi connectivity index (χ4n) is 2.55. The number of nitrogens with one attached hydrogen (secondary N) is 2. The van der Waals surface area contributed by atoms with Gasteiger partial charge in [0.1, 0.15) is 5.82 Å². The molecule has 0 amide bonds. The van der Waals surface area contributed by atoms with Gasteiger partial charge in [-0.25, -0.2) is 4.98 Å². The number of hydrogen-bond donors (Lipinski definition) is 2. The maximum atomic E-state index is 11.0. The van der Waals surface area contributed by atoms with Crippen LogP contribution in [-0.2, 0) is 0 Å². The van der Waals surface area contributed by atoms with Crippen LogP contribution in [0.2, 0.25) is 0 Å². The van der Waals surface area contributed by atoms with Crippen molar-refractivity contribution >= 4 is 5.69 Å². The molecular formula is C14H16N4O2. The maximum Gasteiger partial charge on any atom is 0.272 e. The summed E-state index contributed by atoms with van der Waals surface area (Å²) in [5.74, 6) is 0.903. The number of imidazole rings is 1. The zero-order valence-electron chi connectivity index (χ0n) is 11.2. The molecule has 1 aliphatic rings. The first-order valence-corrected chi connectivity index (χ1v) is 6.69. The number of aryl methyl sites for hydroxylation is 1. The second-order valence-electron chi connectivity index (χ2n) is 5.09. The number of aromatic nitrogens is 2. The van der Waals surface area contributed by atoms with Crippen molar-refractivity contribution in [2.45, 2.75) is 25.8 Å². The molecule has 0 radical (unpaired) electrons. The minimum absolute atomic E-state index is 0.137. The summed E-state index contributed by atoms with van der Waals surface area (Å²) in [5.41, 5.74) is 2.41. The van der Waals surface area contributed by atoms with Crippen LogP contribution in [0.5, 0.6) is 0 Å². The lowest BCUT2D eigenvalue weighted by molar-refractivity contribution is -0.385. The minimum atomic E-state index is -0.353. The molecule has 104 valence electrons. The molecule has 1 aliphatic heterocycles. The van der Waals surface area contributed by atoms with Crippen LogP contribution in [-0.4, -0.2) is 21.4 Å². The minimum Gasteiger partial charge on any atom is -0.341 e. The van der Waals surface area contributed by atoms with E-state index >= 15 is 0 Å². The Hall–Kier alpha value is -2.21. The molecule has 1 saturated heterocycles. The van der Waals surface area contributed by atoms with E-state index in [4.69, 9.17) is 0 Å². The summed E-state index contributed by atoms with van der Waals surface area (Å²) < 4.78 is 0. The summed E-state index contributed by atoms with van der Waals surface area (Å²) in [6.07, 6.45) is 3.96. The van der Waals surface area contributed by atoms with E-state index in [9.17, 15) is 10.1 Å². The highest BCUT2D eigenvalue weighted by Gasteiger charge is 2.20. The molecule has 20 heavy (non-hydrogen) atoms. The summed E-state index contributed by atoms with van der Waals surface area (Å²) in [4.78, 5) is 18.3. The van der Waals surface area contributed by atoms with E-state index in [1.165, 1.54) is 0 Å². The molecule has 1 atom stereocenters. The predicted molar refractivity (Wildman–Crippen MR) is 75.4 cm³/mol. The number of rotatable bonds is 3. The number of hydrogen-bond acceptors (Lipinski definition) is 4. The normalized spacial score (nSPS) is 18.4. The molecule has 6 heteroatoms. The smallest absolute Gasteiger partial charge is 0.272 e. The molecule has 3 rings (SSSR count). The second-order valence-corrected chi connectivity index (χ2v) is 5.09. The fraction of sp³-hybridized carbons (Fsp3) is 0.357. The molecule has 1 unspecified atom stereocenters. The van der Waals surface area contributed by atoms with Gasteiger partial charge in [0.15, 0.2) is 0 Å². The van der Waals surface area contributed by atoms with Crippen molar-refractivity contribution in [1.82, 2.24) is 15.3 Å². The van der Waals surface area contributed by atoms with E-state index in [2.05, 4.69) is 15.3 Å². The Morgan fingerprint density at radius 1 is 1.45 bits per heavy atom. The van der Waals surface area contributed by atoms with Crippen LogP contribution in [0.3, 0.4) is 0 Å². The van der Waals surface area contributed by atoms with Gasteiger partial charge < -0.3 is 10.3 Å². The quantitative estimate of drug-likeness (QED) is 0.664. The average Bonchev–Trinajstić information content (AvgIpc) is 3.09. The van der Waals surface area contributed by atoms with Crippen molar-refractivity contribution in [3.8, 4) is 11.3 Å². The van der Waals surface area contributed by atoms with Crippen molar-refractivity contribution in [3.05, 3.63) is 45.9 Å². The van der Waals surface area contributed by atoms with Crippen LogP contribution in [0, 0.1) is 17.0 Å². The molecule has 6 nitrogen and oxygen atoms in total. The number of nitro groups is 1. The third-order valence-corrected chi connectivity index (χ3v) is 3.70. The van der Waals surface area contributed by atoms with Gasteiger partial charge in [-0.15, -0.1) is 0 Å². The molecule has 2 N–H and O–H groups in total. The molecule has 1 fully saturated rings. The van der Waals surface area contributed by atoms with Gasteiger partial charge in [-0.1, -0.05) is 12.1 Å². The summed E-state index contributed by atoms with van der Waals surface area (Å²) in [6.45, 7) is 2.75. The van der Waals surface area contributed by atoms with Crippen molar-refractivity contribution in [2.75, 3.05) is 6.54 Å². The molecule has 2 aromatic rings. The van der Waals surface area contributed by atoms with E-state index < -0.39 is 0 Å². The number of aromatic amines is 1. The monoisotopic (exact) mass is 272 g/mol. The summed E-state index contributed by atoms with van der Waals surface area (Å²) in [6, 6.07) is 5.50. The van der Waals surface area contributed by atoms with E-state index in [-0.39, 0.29) is 16.7 Å². The van der Waals surface area contributed by atoms with Crippen LogP contribution in [0.1, 0.15) is 30.3 Å². The van der Waals surface area contributed by atoms with Gasteiger partial charge in [0.05, 0.1) is 22.9 Å². The predicted octanol–water partition coefficient (Wildman–Crippen LogP) is 2.72. The SMILES string of the molecule is Cc1ccc(-c2cnc(C3CCCN3)[nH]2)cc1[N+](=O)[O-]. The second kappa shape index (κ2) is 5.05. The average molecular weight is 272 g/mol. The van der Waals surface area contributed by atoms with E-state index in [0.717, 1.165) is 36.5 Å². The Morgan fingerprint density at radius 2 is 2.30 bits per heavy atom. The highest BCUT2D eigenvalue weighted by molar-refractivity contribution is 5.63. The molecule has 0 saturated carbocycles. The maximum absolute atomic E-state index is 11.0. The third-order valence-electron chi connectivity index (χ3n) is 3.70. The van der Waals surface area contributed by atoms with Gasteiger partial charge in [0.25, 0.3) is 5.69 Å². The van der Waals surface area contributed by atoms with Gasteiger partial charge >= 0.3 is 0 Å². The largest absolute Gasteiger partial charge is 0.341 e. The molecule has 0 spiro atoms. The molecule has 0 bridgehead atoms. The number of nitrogens with zero attached hydrogens (tertiary/aromatic N) is 2. The van der Waals surface area contributed by atoms with E-state index in [1.807, 2.05) is 6.07 Å². The Morgan fingerprint density at radius 3 is 3.00 bits per heavy atom. The molecule has 2 heterocycles. The highest BCUT2D eigenvalue weighted by Crippen LogP contribution is 2.27. The lowest BCUT2D eigenvalue weighted by Gasteiger charge is -2.05. The van der Waals surface area contributed by atoms with Crippen LogP contribution in [0.25, 0.3) is 11.3 Å². The lowest BCUT2D eigenvalue weighted by atomic mass is 10.1. The van der Waals surface area contributed by atoms with Crippen LogP contribution in [0.4, 0.5) is 5.69 Å². The van der Waals surface area contributed by atoms with Crippen molar-refractivity contribution in [3.63, 3.8) is 0 Å². The third kappa shape index (κ3) is 2.30. The van der Waals surface area contributed by atoms with E-state index in [1.54, 1.807) is 25.3 Å². The first-order valence-electron chi connectivity index (χ1n) is 6.69. The lowest BCUT2D eigenvalue weighted by Crippen LogP contribution is -2.14. The fourth-order valence-corrected chi connectivity index (χ4v) is 2.55. The Bertz CT molecular complexity index is 644. The van der Waals surface area contributed by atoms with Gasteiger partial charge in [0.2, 0.25) is 0 Å². The summed E-state index contributed by atoms with van der Waals surface area (Å²) in [7, 11) is 0. The van der Waals surface area contributed by atoms with Crippen molar-refractivity contribution in [2.24, 2.45) is 0 Å². The van der Waals surface area contributed by atoms with Crippen LogP contribution >= 0.6 is 0 Å². The first kappa shape index (κ1) is 12.8. The van der Waals surface area contributed by atoms with Crippen molar-refractivity contribution in [1.29, 1.82) is 0 Å². The number of H-pyrrole nitrogens is 1. The highest BCUT2D eigenvalue weighted by atomic mass is 16.6. The zero-order valence-corrected chi connectivity index (χ0v) is 11.2. The molecular weight excluding hydrogens is 256 g/mol. The van der Waals surface area contributed by atoms with Crippen molar-refractivity contribution < 1.29 is 4.92 Å². The van der Waals surface area contributed by atoms with E-state index in [0.29, 0.717) is 5.56 Å². The topological polar surface area (TPSA) is 83.8 Å². The Balaban J connectivity index is 1.93. The molecule has 1 aromatic carbocycles. The zero-order chi connectivity index (χ0) is 14.1. The summed E-state index contributed by atoms with van der Waals surface area (Å²) >= 11 is 0. The first-order chi connectivity index (χ1) is 9.65. The summed E-state index contributed by atoms with van der Waals surface area (Å²) in [5, 5.41) is 14.4. The standard InChI is InChI=1S/C14H16N4O2/c1-9-4-5-10(7-13(9)18(19)20)12-8-16-14(17-12)11-3-2-6-15-11/h4-5,7-8,11,15H,2-3,6H2,1H3,(H,16,17). The molecule has 1 aromatic heterocycles. The van der Waals surface area contributed by atoms with Crippen LogP contribution < -0.4 is 5.32 Å². The number of nitro benzene ring substituents is 1. The van der Waals surface area contributed by atoms with Gasteiger partial charge in [-0.2, -0.15) is 0 Å². The van der Waals surface area contributed by atoms with Crippen LogP contribution in [0.15, 0.2) is 24.4 Å². The van der Waals surface area contributed by atoms with Gasteiger partial charge in [-0.05, 0) is 26.3 Å².